The van der Waals surface area contributed by atoms with Crippen LogP contribution in [0.3, 0.4) is 0 Å². The number of methoxy groups -OCH3 is 3. The standard InChI is InChI=1S/C47H48F2N8O7/c1-62-35(24-52-45(60)63-2)22-40(58)57-27-47(48,49)23-39(57)43-51-25-36(53-43)29-13-11-28(12-14-29)31-15-16-33-21-34(18-17-32(33)20-31)37-26-50-42(54-37)38-10-7-19-56(38)44(59)41(55-46(61)64-3)30-8-5-4-6-9-30/h4-6,8-9,11-18,20-21,25-26,35,38-39,41H,7,10,19,22-24,27H2,1-3H3,(H,50,54)(H,51,53)(H,52,60)(H,55,61). The van der Waals surface area contributed by atoms with Crippen molar-refractivity contribution in [3.05, 3.63) is 121 Å². The Hall–Kier alpha value is -7.14. The number of benzene rings is 4. The van der Waals surface area contributed by atoms with E-state index in [2.05, 4.69) is 54.6 Å². The van der Waals surface area contributed by atoms with Crippen LogP contribution in [0.15, 0.2) is 103 Å². The lowest BCUT2D eigenvalue weighted by molar-refractivity contribution is -0.136. The highest BCUT2D eigenvalue weighted by Crippen LogP contribution is 2.41. The summed E-state index contributed by atoms with van der Waals surface area (Å²) >= 11 is 0. The van der Waals surface area contributed by atoms with Gasteiger partial charge in [-0.25, -0.2) is 28.3 Å². The third kappa shape index (κ3) is 9.44. The number of aromatic amines is 2. The number of alkyl carbamates (subject to hydrolysis) is 2. The van der Waals surface area contributed by atoms with Crippen molar-refractivity contribution < 1.29 is 42.2 Å². The molecule has 0 radical (unpaired) electrons. The maximum Gasteiger partial charge on any atom is 0.407 e. The molecule has 332 valence electrons. The zero-order chi connectivity index (χ0) is 45.0. The number of carbonyl (C=O) groups is 4. The Balaban J connectivity index is 0.935. The van der Waals surface area contributed by atoms with Gasteiger partial charge in [0.15, 0.2) is 0 Å². The number of hydrogen-bond acceptors (Lipinski definition) is 9. The molecule has 4 aromatic carbocycles. The van der Waals surface area contributed by atoms with Crippen LogP contribution in [0.1, 0.15) is 61.0 Å². The van der Waals surface area contributed by atoms with Gasteiger partial charge in [0.25, 0.3) is 11.8 Å². The molecule has 2 aromatic heterocycles. The Morgan fingerprint density at radius 1 is 0.766 bits per heavy atom. The molecule has 0 aliphatic carbocycles. The van der Waals surface area contributed by atoms with Crippen molar-refractivity contribution in [3.63, 3.8) is 0 Å². The quantitative estimate of drug-likeness (QED) is 0.0903. The van der Waals surface area contributed by atoms with Crippen molar-refractivity contribution in [2.45, 2.75) is 55.8 Å². The Kier molecular flexibility index (Phi) is 12.7. The lowest BCUT2D eigenvalue weighted by Crippen LogP contribution is -2.42. The zero-order valence-electron chi connectivity index (χ0n) is 35.5. The summed E-state index contributed by atoms with van der Waals surface area (Å²) in [6.45, 7) is -0.248. The monoisotopic (exact) mass is 874 g/mol. The number of halogens is 2. The van der Waals surface area contributed by atoms with E-state index < -0.39 is 55.2 Å². The minimum absolute atomic E-state index is 0.0255. The molecule has 4 N–H and O–H groups in total. The van der Waals surface area contributed by atoms with Gasteiger partial charge in [-0.15, -0.1) is 0 Å². The third-order valence-electron chi connectivity index (χ3n) is 11.9. The summed E-state index contributed by atoms with van der Waals surface area (Å²) in [6, 6.07) is 27.1. The van der Waals surface area contributed by atoms with Crippen molar-refractivity contribution >= 4 is 34.8 Å². The Morgan fingerprint density at radius 3 is 2.05 bits per heavy atom. The first-order valence-electron chi connectivity index (χ1n) is 20.9. The number of hydrogen-bond donors (Lipinski definition) is 4. The predicted molar refractivity (Wildman–Crippen MR) is 233 cm³/mol. The van der Waals surface area contributed by atoms with Crippen LogP contribution in [-0.4, -0.2) is 107 Å². The predicted octanol–water partition coefficient (Wildman–Crippen LogP) is 7.72. The zero-order valence-corrected chi connectivity index (χ0v) is 35.5. The summed E-state index contributed by atoms with van der Waals surface area (Å²) in [5, 5.41) is 7.22. The molecule has 64 heavy (non-hydrogen) atoms. The number of nitrogens with zero attached hydrogens (tertiary/aromatic N) is 4. The van der Waals surface area contributed by atoms with Gasteiger partial charge >= 0.3 is 12.2 Å². The van der Waals surface area contributed by atoms with E-state index in [-0.39, 0.29) is 30.7 Å². The summed E-state index contributed by atoms with van der Waals surface area (Å²) in [4.78, 5) is 69.6. The number of nitrogens with one attached hydrogen (secondary N) is 4. The molecular weight excluding hydrogens is 827 g/mol. The summed E-state index contributed by atoms with van der Waals surface area (Å²) in [5.74, 6) is -2.96. The van der Waals surface area contributed by atoms with Gasteiger partial charge in [0, 0.05) is 32.2 Å². The second-order valence-corrected chi connectivity index (χ2v) is 15.9. The number of rotatable bonds is 13. The molecule has 2 saturated heterocycles. The number of alkyl halides is 2. The van der Waals surface area contributed by atoms with E-state index in [1.54, 1.807) is 29.4 Å². The summed E-state index contributed by atoms with van der Waals surface area (Å²) < 4.78 is 44.2. The van der Waals surface area contributed by atoms with Gasteiger partial charge in [0.1, 0.15) is 17.7 Å². The number of imidazole rings is 2. The molecule has 2 aliphatic heterocycles. The molecule has 0 spiro atoms. The van der Waals surface area contributed by atoms with Crippen LogP contribution in [0.5, 0.6) is 0 Å². The van der Waals surface area contributed by atoms with Crippen LogP contribution < -0.4 is 10.6 Å². The van der Waals surface area contributed by atoms with Gasteiger partial charge < -0.3 is 44.6 Å². The van der Waals surface area contributed by atoms with Gasteiger partial charge in [-0.1, -0.05) is 78.9 Å². The number of fused-ring (bicyclic) bond motifs is 1. The van der Waals surface area contributed by atoms with Gasteiger partial charge in [-0.05, 0) is 58.0 Å². The van der Waals surface area contributed by atoms with Crippen molar-refractivity contribution in [2.75, 3.05) is 41.0 Å². The summed E-state index contributed by atoms with van der Waals surface area (Å²) in [5.41, 5.74) is 5.80. The van der Waals surface area contributed by atoms with Crippen LogP contribution in [0.2, 0.25) is 0 Å². The fraction of sp³-hybridized carbons (Fsp3) is 0.319. The minimum Gasteiger partial charge on any atom is -0.453 e. The van der Waals surface area contributed by atoms with E-state index in [9.17, 15) is 28.0 Å². The van der Waals surface area contributed by atoms with E-state index in [0.717, 1.165) is 56.5 Å². The molecule has 4 atom stereocenters. The topological polar surface area (TPSA) is 184 Å². The maximum atomic E-state index is 14.8. The molecule has 0 saturated carbocycles. The van der Waals surface area contributed by atoms with E-state index >= 15 is 0 Å². The summed E-state index contributed by atoms with van der Waals surface area (Å²) in [7, 11) is 3.85. The second-order valence-electron chi connectivity index (χ2n) is 15.9. The van der Waals surface area contributed by atoms with Gasteiger partial charge in [-0.2, -0.15) is 0 Å². The molecule has 2 fully saturated rings. The Morgan fingerprint density at radius 2 is 1.38 bits per heavy atom. The highest BCUT2D eigenvalue weighted by atomic mass is 19.3. The lowest BCUT2D eigenvalue weighted by Gasteiger charge is -2.28. The Bertz CT molecular complexity index is 2640. The largest absolute Gasteiger partial charge is 0.453 e. The summed E-state index contributed by atoms with van der Waals surface area (Å²) in [6.07, 6.45) is 1.96. The average molecular weight is 875 g/mol. The van der Waals surface area contributed by atoms with Gasteiger partial charge in [-0.3, -0.25) is 9.59 Å². The molecular formula is C47H48F2N8O7. The first-order valence-corrected chi connectivity index (χ1v) is 20.9. The van der Waals surface area contributed by atoms with Gasteiger partial charge in [0.05, 0.1) is 69.2 Å². The smallest absolute Gasteiger partial charge is 0.407 e. The maximum absolute atomic E-state index is 14.8. The lowest BCUT2D eigenvalue weighted by atomic mass is 9.98. The van der Waals surface area contributed by atoms with Crippen molar-refractivity contribution in [1.29, 1.82) is 0 Å². The molecule has 4 heterocycles. The second kappa shape index (κ2) is 18.7. The van der Waals surface area contributed by atoms with Crippen LogP contribution >= 0.6 is 0 Å². The molecule has 15 nitrogen and oxygen atoms in total. The fourth-order valence-corrected chi connectivity index (χ4v) is 8.47. The molecule has 17 heteroatoms. The minimum atomic E-state index is -3.10. The number of aromatic nitrogens is 4. The van der Waals surface area contributed by atoms with Gasteiger partial charge in [0.2, 0.25) is 5.91 Å². The fourth-order valence-electron chi connectivity index (χ4n) is 8.47. The van der Waals surface area contributed by atoms with E-state index in [1.165, 1.54) is 21.3 Å². The first kappa shape index (κ1) is 43.5. The molecule has 4 amide bonds. The van der Waals surface area contributed by atoms with E-state index in [1.807, 2.05) is 54.6 Å². The van der Waals surface area contributed by atoms with Crippen molar-refractivity contribution in [1.82, 2.24) is 40.4 Å². The van der Waals surface area contributed by atoms with Crippen LogP contribution in [0, 0.1) is 0 Å². The van der Waals surface area contributed by atoms with Crippen LogP contribution in [-0.2, 0) is 23.8 Å². The molecule has 0 bridgehead atoms. The number of H-pyrrole nitrogens is 2. The average Bonchev–Trinajstić information content (AvgIpc) is 4.16. The van der Waals surface area contributed by atoms with Crippen LogP contribution in [0.4, 0.5) is 18.4 Å². The molecule has 8 rings (SSSR count). The molecule has 6 aromatic rings. The highest BCUT2D eigenvalue weighted by Gasteiger charge is 2.49. The van der Waals surface area contributed by atoms with Crippen LogP contribution in [0.25, 0.3) is 44.4 Å². The number of amides is 4. The third-order valence-corrected chi connectivity index (χ3v) is 11.9. The SMILES string of the molecule is COC(=O)NCC(CC(=O)N1CC(F)(F)CC1c1ncc(-c2ccc(-c3ccc4cc(-c5cnc(C6CCCN6C(=O)C(NC(=O)OC)c6ccccc6)[nH]5)ccc4c3)cc2)[nH]1)OC. The van der Waals surface area contributed by atoms with E-state index in [4.69, 9.17) is 14.5 Å². The van der Waals surface area contributed by atoms with Crippen molar-refractivity contribution in [3.8, 4) is 33.6 Å². The normalized spacial score (nSPS) is 17.8. The van der Waals surface area contributed by atoms with E-state index in [0.29, 0.717) is 23.6 Å². The number of carbonyl (C=O) groups excluding carboxylic acids is 4. The first-order chi connectivity index (χ1) is 30.9. The van der Waals surface area contributed by atoms with Crippen molar-refractivity contribution in [2.24, 2.45) is 0 Å². The molecule has 4 unspecified atom stereocenters. The number of likely N-dealkylation sites (tertiary alicyclic amines) is 2. The Labute approximate surface area is 367 Å². The number of ether oxygens (including phenoxy) is 3. The highest BCUT2D eigenvalue weighted by molar-refractivity contribution is 5.91. The molecule has 2 aliphatic rings.